The topological polar surface area (TPSA) is 0 Å². The van der Waals surface area contributed by atoms with Crippen LogP contribution in [-0.4, -0.2) is 0 Å². The largest absolute Gasteiger partial charge is 0.0906 e. The monoisotopic (exact) mass is 360 g/mol. The standard InChI is InChI=1S/2C14H12/c1-12(13-8-4-2-5-9-13)14-10-6-3-7-11-14;1-3-7-13(8-4-1)11-12-14-9-5-2-6-10-14/h2-11H,1H2;1-12H. The summed E-state index contributed by atoms with van der Waals surface area (Å²) in [7, 11) is 0. The molecule has 0 aliphatic heterocycles. The van der Waals surface area contributed by atoms with Gasteiger partial charge in [0.1, 0.15) is 0 Å². The van der Waals surface area contributed by atoms with Gasteiger partial charge < -0.3 is 0 Å². The SMILES string of the molecule is C(=Cc1ccccc1)c1ccccc1.C=C(c1ccccc1)c1ccccc1. The van der Waals surface area contributed by atoms with Crippen molar-refractivity contribution >= 4 is 17.7 Å². The van der Waals surface area contributed by atoms with E-state index in [-0.39, 0.29) is 0 Å². The third-order valence-electron chi connectivity index (χ3n) is 4.31. The van der Waals surface area contributed by atoms with Gasteiger partial charge in [-0.15, -0.1) is 0 Å². The van der Waals surface area contributed by atoms with Gasteiger partial charge >= 0.3 is 0 Å². The van der Waals surface area contributed by atoms with Crippen molar-refractivity contribution < 1.29 is 0 Å². The summed E-state index contributed by atoms with van der Waals surface area (Å²) in [6.45, 7) is 4.10. The van der Waals surface area contributed by atoms with Crippen LogP contribution in [0.2, 0.25) is 0 Å². The normalized spacial score (nSPS) is 10.1. The molecule has 0 aliphatic carbocycles. The van der Waals surface area contributed by atoms with Gasteiger partial charge in [-0.05, 0) is 27.8 Å². The van der Waals surface area contributed by atoms with Crippen molar-refractivity contribution in [2.24, 2.45) is 0 Å². The third kappa shape index (κ3) is 5.96. The molecular weight excluding hydrogens is 336 g/mol. The molecule has 0 aromatic heterocycles. The lowest BCUT2D eigenvalue weighted by Gasteiger charge is -2.04. The Bertz CT molecular complexity index is 900. The van der Waals surface area contributed by atoms with Crippen LogP contribution < -0.4 is 0 Å². The molecule has 0 N–H and O–H groups in total. The Kier molecular flexibility index (Phi) is 7.17. The molecule has 4 aromatic rings. The Hall–Kier alpha value is -3.64. The molecule has 0 radical (unpaired) electrons. The molecule has 28 heavy (non-hydrogen) atoms. The molecule has 0 saturated heterocycles. The van der Waals surface area contributed by atoms with E-state index in [0.29, 0.717) is 0 Å². The van der Waals surface area contributed by atoms with E-state index in [1.807, 2.05) is 72.8 Å². The fourth-order valence-electron chi connectivity index (χ4n) is 2.77. The summed E-state index contributed by atoms with van der Waals surface area (Å²) in [5.41, 5.74) is 5.90. The lowest BCUT2D eigenvalue weighted by molar-refractivity contribution is 1.56. The highest BCUT2D eigenvalue weighted by atomic mass is 14.0. The molecule has 0 atom stereocenters. The number of rotatable bonds is 4. The van der Waals surface area contributed by atoms with Crippen molar-refractivity contribution in [3.63, 3.8) is 0 Å². The van der Waals surface area contributed by atoms with Crippen LogP contribution in [0.3, 0.4) is 0 Å². The van der Waals surface area contributed by atoms with E-state index in [9.17, 15) is 0 Å². The zero-order valence-corrected chi connectivity index (χ0v) is 15.9. The van der Waals surface area contributed by atoms with Crippen LogP contribution >= 0.6 is 0 Å². The van der Waals surface area contributed by atoms with E-state index in [1.54, 1.807) is 0 Å². The maximum atomic E-state index is 4.10. The van der Waals surface area contributed by atoms with Gasteiger partial charge in [-0.25, -0.2) is 0 Å². The fraction of sp³-hybridized carbons (Fsp3) is 0. The second-order valence-corrected chi connectivity index (χ2v) is 6.37. The third-order valence-corrected chi connectivity index (χ3v) is 4.31. The second kappa shape index (κ2) is 10.5. The molecular formula is C28H24. The van der Waals surface area contributed by atoms with Crippen LogP contribution in [0.4, 0.5) is 0 Å². The molecule has 0 bridgehead atoms. The predicted octanol–water partition coefficient (Wildman–Crippen LogP) is 7.61. The maximum Gasteiger partial charge on any atom is -0.0183 e. The molecule has 0 amide bonds. The summed E-state index contributed by atoms with van der Waals surface area (Å²) in [6, 6.07) is 41.1. The van der Waals surface area contributed by atoms with Gasteiger partial charge in [0.15, 0.2) is 0 Å². The van der Waals surface area contributed by atoms with Gasteiger partial charge in [-0.3, -0.25) is 0 Å². The molecule has 0 aliphatic rings. The summed E-state index contributed by atoms with van der Waals surface area (Å²) in [6.07, 6.45) is 4.24. The lowest BCUT2D eigenvalue weighted by Crippen LogP contribution is -1.84. The average Bonchev–Trinajstić information content (AvgIpc) is 2.80. The van der Waals surface area contributed by atoms with Gasteiger partial charge in [-0.1, -0.05) is 140 Å². The average molecular weight is 360 g/mol. The first-order valence-electron chi connectivity index (χ1n) is 9.41. The molecule has 0 saturated carbocycles. The highest BCUT2D eigenvalue weighted by Crippen LogP contribution is 2.20. The lowest BCUT2D eigenvalue weighted by atomic mass is 10.0. The second-order valence-electron chi connectivity index (χ2n) is 6.37. The first kappa shape index (κ1) is 19.1. The molecule has 0 fully saturated rings. The smallest absolute Gasteiger partial charge is 0.0183 e. The van der Waals surface area contributed by atoms with Gasteiger partial charge in [-0.2, -0.15) is 0 Å². The van der Waals surface area contributed by atoms with E-state index >= 15 is 0 Å². The van der Waals surface area contributed by atoms with Crippen molar-refractivity contribution in [1.29, 1.82) is 0 Å². The van der Waals surface area contributed by atoms with Crippen molar-refractivity contribution in [3.8, 4) is 0 Å². The highest BCUT2D eigenvalue weighted by Gasteiger charge is 1.99. The molecule has 4 aromatic carbocycles. The number of hydrogen-bond donors (Lipinski definition) is 0. The van der Waals surface area contributed by atoms with E-state index in [0.717, 1.165) is 5.57 Å². The maximum absolute atomic E-state index is 4.10. The van der Waals surface area contributed by atoms with Crippen LogP contribution in [0.15, 0.2) is 128 Å². The molecule has 0 unspecified atom stereocenters. The Morgan fingerprint density at radius 3 is 1.04 bits per heavy atom. The van der Waals surface area contributed by atoms with Crippen molar-refractivity contribution in [2.45, 2.75) is 0 Å². The quantitative estimate of drug-likeness (QED) is 0.329. The summed E-state index contributed by atoms with van der Waals surface area (Å²) in [5, 5.41) is 0. The van der Waals surface area contributed by atoms with Crippen LogP contribution in [0, 0.1) is 0 Å². The molecule has 0 heterocycles. The zero-order chi connectivity index (χ0) is 19.4. The Morgan fingerprint density at radius 1 is 0.429 bits per heavy atom. The first-order chi connectivity index (χ1) is 13.8. The predicted molar refractivity (Wildman–Crippen MR) is 123 cm³/mol. The van der Waals surface area contributed by atoms with E-state index < -0.39 is 0 Å². The van der Waals surface area contributed by atoms with Gasteiger partial charge in [0.05, 0.1) is 0 Å². The summed E-state index contributed by atoms with van der Waals surface area (Å²) in [5.74, 6) is 0. The minimum atomic E-state index is 1.08. The van der Waals surface area contributed by atoms with E-state index in [2.05, 4.69) is 67.3 Å². The minimum Gasteiger partial charge on any atom is -0.0906 e. The summed E-state index contributed by atoms with van der Waals surface area (Å²) < 4.78 is 0. The Labute approximate surface area is 168 Å². The van der Waals surface area contributed by atoms with Crippen molar-refractivity contribution in [3.05, 3.63) is 150 Å². The first-order valence-corrected chi connectivity index (χ1v) is 9.41. The van der Waals surface area contributed by atoms with Crippen molar-refractivity contribution in [1.82, 2.24) is 0 Å². The van der Waals surface area contributed by atoms with E-state index in [4.69, 9.17) is 0 Å². The van der Waals surface area contributed by atoms with Crippen LogP contribution in [0.25, 0.3) is 17.7 Å². The van der Waals surface area contributed by atoms with E-state index in [1.165, 1.54) is 22.3 Å². The van der Waals surface area contributed by atoms with Gasteiger partial charge in [0.2, 0.25) is 0 Å². The summed E-state index contributed by atoms with van der Waals surface area (Å²) in [4.78, 5) is 0. The van der Waals surface area contributed by atoms with Gasteiger partial charge in [0.25, 0.3) is 0 Å². The molecule has 0 heteroatoms. The number of benzene rings is 4. The zero-order valence-electron chi connectivity index (χ0n) is 15.9. The highest BCUT2D eigenvalue weighted by molar-refractivity contribution is 5.77. The van der Waals surface area contributed by atoms with Crippen LogP contribution in [0.1, 0.15) is 22.3 Å². The molecule has 4 rings (SSSR count). The molecule has 0 nitrogen and oxygen atoms in total. The number of hydrogen-bond acceptors (Lipinski definition) is 0. The van der Waals surface area contributed by atoms with Crippen molar-refractivity contribution in [2.75, 3.05) is 0 Å². The Balaban J connectivity index is 0.000000161. The Morgan fingerprint density at radius 2 is 0.714 bits per heavy atom. The molecule has 0 spiro atoms. The minimum absolute atomic E-state index is 1.08. The fourth-order valence-corrected chi connectivity index (χ4v) is 2.77. The van der Waals surface area contributed by atoms with Crippen LogP contribution in [0.5, 0.6) is 0 Å². The molecule has 136 valence electrons. The van der Waals surface area contributed by atoms with Gasteiger partial charge in [0, 0.05) is 0 Å². The summed E-state index contributed by atoms with van der Waals surface area (Å²) >= 11 is 0. The van der Waals surface area contributed by atoms with Crippen LogP contribution in [-0.2, 0) is 0 Å².